The average Bonchev–Trinajstić information content (AvgIpc) is 2.41. The molecule has 1 aliphatic rings. The summed E-state index contributed by atoms with van der Waals surface area (Å²) in [4.78, 5) is 14.7. The van der Waals surface area contributed by atoms with Gasteiger partial charge in [-0.25, -0.2) is 0 Å². The van der Waals surface area contributed by atoms with Crippen molar-refractivity contribution in [2.24, 2.45) is 5.73 Å². The molecule has 0 aliphatic carbocycles. The molecule has 0 unspecified atom stereocenters. The smallest absolute Gasteiger partial charge is 0.254 e. The topological polar surface area (TPSA) is 46.3 Å². The van der Waals surface area contributed by atoms with Crippen LogP contribution in [0, 0.1) is 13.8 Å². The molecule has 1 aromatic rings. The van der Waals surface area contributed by atoms with Crippen molar-refractivity contribution >= 4 is 5.91 Å². The number of piperidine rings is 1. The number of carbonyl (C=O) groups is 1. The fraction of sp³-hybridized carbons (Fsp3) is 0.562. The molecular weight excluding hydrogens is 236 g/mol. The number of benzene rings is 1. The molecule has 104 valence electrons. The second-order valence-corrected chi connectivity index (χ2v) is 5.67. The van der Waals surface area contributed by atoms with E-state index in [4.69, 9.17) is 5.73 Å². The van der Waals surface area contributed by atoms with Crippen LogP contribution in [0.5, 0.6) is 0 Å². The molecule has 1 aromatic carbocycles. The molecule has 0 spiro atoms. The minimum Gasteiger partial charge on any atom is -0.334 e. The van der Waals surface area contributed by atoms with E-state index in [0.29, 0.717) is 0 Å². The molecule has 1 saturated heterocycles. The first-order valence-electron chi connectivity index (χ1n) is 7.15. The van der Waals surface area contributed by atoms with Gasteiger partial charge in [0.1, 0.15) is 0 Å². The second kappa shape index (κ2) is 5.74. The van der Waals surface area contributed by atoms with Crippen LogP contribution in [0.1, 0.15) is 47.7 Å². The molecule has 0 bridgehead atoms. The maximum atomic E-state index is 12.8. The molecule has 3 heteroatoms. The van der Waals surface area contributed by atoms with Gasteiger partial charge in [0, 0.05) is 24.2 Å². The molecule has 1 aliphatic heterocycles. The lowest BCUT2D eigenvalue weighted by molar-refractivity contribution is 0.0583. The number of likely N-dealkylation sites (tertiary alicyclic amines) is 1. The van der Waals surface area contributed by atoms with E-state index in [-0.39, 0.29) is 18.0 Å². The van der Waals surface area contributed by atoms with Crippen LogP contribution in [0.4, 0.5) is 0 Å². The van der Waals surface area contributed by atoms with Crippen molar-refractivity contribution in [1.82, 2.24) is 4.90 Å². The van der Waals surface area contributed by atoms with Gasteiger partial charge < -0.3 is 10.6 Å². The van der Waals surface area contributed by atoms with Crippen molar-refractivity contribution in [3.8, 4) is 0 Å². The summed E-state index contributed by atoms with van der Waals surface area (Å²) < 4.78 is 0. The van der Waals surface area contributed by atoms with Gasteiger partial charge in [-0.2, -0.15) is 0 Å². The zero-order valence-corrected chi connectivity index (χ0v) is 12.1. The maximum Gasteiger partial charge on any atom is 0.254 e. The minimum absolute atomic E-state index is 0.0364. The highest BCUT2D eigenvalue weighted by Crippen LogP contribution is 2.23. The van der Waals surface area contributed by atoms with E-state index in [9.17, 15) is 4.79 Å². The van der Waals surface area contributed by atoms with Gasteiger partial charge >= 0.3 is 0 Å². The summed E-state index contributed by atoms with van der Waals surface area (Å²) in [6, 6.07) is 6.15. The first-order chi connectivity index (χ1) is 9.02. The minimum atomic E-state index is 0.0364. The van der Waals surface area contributed by atoms with Crippen molar-refractivity contribution in [2.75, 3.05) is 6.54 Å². The largest absolute Gasteiger partial charge is 0.334 e. The molecule has 1 fully saturated rings. The van der Waals surface area contributed by atoms with Gasteiger partial charge in [-0.1, -0.05) is 12.1 Å². The van der Waals surface area contributed by atoms with E-state index in [1.54, 1.807) is 0 Å². The summed E-state index contributed by atoms with van der Waals surface area (Å²) in [6.45, 7) is 6.90. The molecule has 0 radical (unpaired) electrons. The highest BCUT2D eigenvalue weighted by Gasteiger charge is 2.30. The van der Waals surface area contributed by atoms with Crippen LogP contribution in [0.3, 0.4) is 0 Å². The van der Waals surface area contributed by atoms with Gasteiger partial charge in [0.05, 0.1) is 0 Å². The third kappa shape index (κ3) is 2.81. The fourth-order valence-corrected chi connectivity index (χ4v) is 2.89. The van der Waals surface area contributed by atoms with Crippen molar-refractivity contribution in [3.05, 3.63) is 34.9 Å². The maximum absolute atomic E-state index is 12.8. The van der Waals surface area contributed by atoms with Crippen LogP contribution in [0.15, 0.2) is 18.2 Å². The average molecular weight is 260 g/mol. The fourth-order valence-electron chi connectivity index (χ4n) is 2.89. The lowest BCUT2D eigenvalue weighted by Gasteiger charge is -2.38. The third-order valence-electron chi connectivity index (χ3n) is 4.25. The molecule has 0 saturated carbocycles. The normalized spacial score (nSPS) is 21.3. The standard InChI is InChI=1S/C16H24N2O/c1-11-7-6-8-14(12(11)2)16(19)18-10-5-4-9-15(18)13(3)17/h6-8,13,15H,4-5,9-10,17H2,1-3H3/t13-,15-/m0/s1. The Morgan fingerprint density at radius 2 is 2.11 bits per heavy atom. The van der Waals surface area contributed by atoms with Gasteiger partial charge in [-0.3, -0.25) is 4.79 Å². The van der Waals surface area contributed by atoms with Gasteiger partial charge in [0.15, 0.2) is 0 Å². The number of nitrogens with zero attached hydrogens (tertiary/aromatic N) is 1. The SMILES string of the molecule is Cc1cccc(C(=O)N2CCCC[C@H]2[C@H](C)N)c1C. The van der Waals surface area contributed by atoms with Crippen molar-refractivity contribution in [3.63, 3.8) is 0 Å². The second-order valence-electron chi connectivity index (χ2n) is 5.67. The lowest BCUT2D eigenvalue weighted by atomic mass is 9.94. The van der Waals surface area contributed by atoms with E-state index < -0.39 is 0 Å². The summed E-state index contributed by atoms with van der Waals surface area (Å²) in [6.07, 6.45) is 3.27. The Kier molecular flexibility index (Phi) is 4.25. The Morgan fingerprint density at radius 1 is 1.37 bits per heavy atom. The highest BCUT2D eigenvalue weighted by atomic mass is 16.2. The molecule has 2 atom stereocenters. The Hall–Kier alpha value is -1.35. The number of carbonyl (C=O) groups excluding carboxylic acids is 1. The van der Waals surface area contributed by atoms with E-state index in [2.05, 4.69) is 0 Å². The predicted octanol–water partition coefficient (Wildman–Crippen LogP) is 2.65. The van der Waals surface area contributed by atoms with Gasteiger partial charge in [-0.05, 0) is 57.2 Å². The van der Waals surface area contributed by atoms with Crippen LogP contribution in [-0.2, 0) is 0 Å². The molecule has 3 nitrogen and oxygen atoms in total. The Morgan fingerprint density at radius 3 is 2.79 bits per heavy atom. The molecule has 19 heavy (non-hydrogen) atoms. The monoisotopic (exact) mass is 260 g/mol. The zero-order chi connectivity index (χ0) is 14.0. The van der Waals surface area contributed by atoms with Crippen LogP contribution >= 0.6 is 0 Å². The number of nitrogens with two attached hydrogens (primary N) is 1. The van der Waals surface area contributed by atoms with E-state index in [0.717, 1.165) is 30.5 Å². The van der Waals surface area contributed by atoms with Gasteiger partial charge in [0.25, 0.3) is 5.91 Å². The van der Waals surface area contributed by atoms with Crippen LogP contribution < -0.4 is 5.73 Å². The van der Waals surface area contributed by atoms with E-state index in [1.165, 1.54) is 12.0 Å². The van der Waals surface area contributed by atoms with E-state index in [1.807, 2.05) is 43.9 Å². The van der Waals surface area contributed by atoms with Crippen LogP contribution in [0.2, 0.25) is 0 Å². The molecule has 1 heterocycles. The van der Waals surface area contributed by atoms with Crippen LogP contribution in [0.25, 0.3) is 0 Å². The van der Waals surface area contributed by atoms with E-state index >= 15 is 0 Å². The summed E-state index contributed by atoms with van der Waals surface area (Å²) >= 11 is 0. The lowest BCUT2D eigenvalue weighted by Crippen LogP contribution is -2.51. The van der Waals surface area contributed by atoms with Crippen molar-refractivity contribution in [1.29, 1.82) is 0 Å². The quantitative estimate of drug-likeness (QED) is 0.888. The molecule has 2 rings (SSSR count). The van der Waals surface area contributed by atoms with Crippen molar-refractivity contribution < 1.29 is 4.79 Å². The molecule has 1 amide bonds. The first-order valence-corrected chi connectivity index (χ1v) is 7.15. The Bertz CT molecular complexity index is 468. The summed E-state index contributed by atoms with van der Waals surface area (Å²) in [5.41, 5.74) is 9.13. The molecule has 2 N–H and O–H groups in total. The predicted molar refractivity (Wildman–Crippen MR) is 78.2 cm³/mol. The van der Waals surface area contributed by atoms with Crippen LogP contribution in [-0.4, -0.2) is 29.4 Å². The molecule has 0 aromatic heterocycles. The van der Waals surface area contributed by atoms with Crippen molar-refractivity contribution in [2.45, 2.75) is 52.1 Å². The number of hydrogen-bond donors (Lipinski definition) is 1. The Balaban J connectivity index is 2.29. The summed E-state index contributed by atoms with van der Waals surface area (Å²) in [5.74, 6) is 0.142. The third-order valence-corrected chi connectivity index (χ3v) is 4.25. The zero-order valence-electron chi connectivity index (χ0n) is 12.1. The number of rotatable bonds is 2. The van der Waals surface area contributed by atoms with Gasteiger partial charge in [0.2, 0.25) is 0 Å². The first kappa shape index (κ1) is 14.1. The summed E-state index contributed by atoms with van der Waals surface area (Å²) in [5, 5.41) is 0. The number of hydrogen-bond acceptors (Lipinski definition) is 2. The van der Waals surface area contributed by atoms with Gasteiger partial charge in [-0.15, -0.1) is 0 Å². The Labute approximate surface area is 115 Å². The highest BCUT2D eigenvalue weighted by molar-refractivity contribution is 5.96. The number of amides is 1. The number of aryl methyl sites for hydroxylation is 1. The molecular formula is C16H24N2O. The summed E-state index contributed by atoms with van der Waals surface area (Å²) in [7, 11) is 0.